The van der Waals surface area contributed by atoms with Gasteiger partial charge in [0.2, 0.25) is 0 Å². The van der Waals surface area contributed by atoms with Crippen LogP contribution < -0.4 is 10.3 Å². The van der Waals surface area contributed by atoms with Crippen LogP contribution in [0.1, 0.15) is 33.4 Å². The van der Waals surface area contributed by atoms with Crippen molar-refractivity contribution >= 4 is 44.0 Å². The van der Waals surface area contributed by atoms with Crippen molar-refractivity contribution in [3.05, 3.63) is 75.4 Å². The lowest BCUT2D eigenvalue weighted by atomic mass is 10.1. The van der Waals surface area contributed by atoms with E-state index >= 15 is 0 Å². The number of thiophene rings is 1. The fourth-order valence-corrected chi connectivity index (χ4v) is 6.39. The first-order chi connectivity index (χ1) is 18.9. The van der Waals surface area contributed by atoms with E-state index in [4.69, 9.17) is 9.47 Å². The molecule has 0 bridgehead atoms. The summed E-state index contributed by atoms with van der Waals surface area (Å²) in [5.41, 5.74) is 0.829. The van der Waals surface area contributed by atoms with Crippen LogP contribution in [0.25, 0.3) is 21.0 Å². The van der Waals surface area contributed by atoms with Gasteiger partial charge in [-0.05, 0) is 33.0 Å². The maximum atomic E-state index is 14.1. The van der Waals surface area contributed by atoms with Crippen molar-refractivity contribution in [2.24, 2.45) is 0 Å². The number of amides is 1. The molecule has 2 aromatic heterocycles. The third kappa shape index (κ3) is 5.34. The Kier molecular flexibility index (Phi) is 8.11. The molecule has 0 spiro atoms. The second-order valence-electron chi connectivity index (χ2n) is 9.83. The number of carbonyl (C=O) groups is 2. The van der Waals surface area contributed by atoms with Crippen molar-refractivity contribution in [1.29, 1.82) is 0 Å². The van der Waals surface area contributed by atoms with E-state index in [9.17, 15) is 14.4 Å². The van der Waals surface area contributed by atoms with E-state index in [0.29, 0.717) is 39.3 Å². The van der Waals surface area contributed by atoms with Crippen LogP contribution in [0.5, 0.6) is 5.75 Å². The van der Waals surface area contributed by atoms with Crippen molar-refractivity contribution in [2.75, 3.05) is 47.0 Å². The van der Waals surface area contributed by atoms with Crippen LogP contribution in [0.4, 0.5) is 0 Å². The van der Waals surface area contributed by atoms with E-state index in [-0.39, 0.29) is 42.2 Å². The minimum absolute atomic E-state index is 0.0842. The number of Topliss-reactive ketones (excluding diaryl/α,β-unsaturated/α-hetero) is 1. The summed E-state index contributed by atoms with van der Waals surface area (Å²) in [6, 6.07) is 16.5. The Morgan fingerprint density at radius 3 is 2.54 bits per heavy atom. The Morgan fingerprint density at radius 2 is 1.82 bits per heavy atom. The maximum Gasteiger partial charge on any atom is 0.267 e. The number of ether oxygens (including phenoxy) is 2. The minimum Gasteiger partial charge on any atom is -0.489 e. The van der Waals surface area contributed by atoms with Crippen LogP contribution in [-0.4, -0.2) is 79.1 Å². The minimum atomic E-state index is -0.349. The molecular formula is C30H33N3O5S. The van der Waals surface area contributed by atoms with Gasteiger partial charge in [0.1, 0.15) is 16.9 Å². The Hall–Kier alpha value is -3.53. The van der Waals surface area contributed by atoms with Crippen molar-refractivity contribution in [2.45, 2.75) is 25.9 Å². The zero-order valence-corrected chi connectivity index (χ0v) is 23.3. The lowest BCUT2D eigenvalue weighted by Crippen LogP contribution is -2.38. The van der Waals surface area contributed by atoms with E-state index in [2.05, 4.69) is 4.90 Å². The standard InChI is InChI=1S/C30H33N3O5S/c1-4-37-16-17-38-26-25-27(39-28(26)30(36)32(3)21-14-15-31(2)18-21)22-12-8-9-13-23(22)33(29(25)35)19-24(34)20-10-6-5-7-11-20/h5-13,21H,4,14-19H2,1-3H3. The van der Waals surface area contributed by atoms with Crippen LogP contribution in [0.2, 0.25) is 0 Å². The average molecular weight is 548 g/mol. The van der Waals surface area contributed by atoms with Gasteiger partial charge in [0, 0.05) is 37.2 Å². The molecule has 1 amide bonds. The van der Waals surface area contributed by atoms with E-state index < -0.39 is 0 Å². The highest BCUT2D eigenvalue weighted by molar-refractivity contribution is 7.22. The van der Waals surface area contributed by atoms with Gasteiger partial charge in [-0.3, -0.25) is 19.0 Å². The molecular weight excluding hydrogens is 514 g/mol. The largest absolute Gasteiger partial charge is 0.489 e. The predicted molar refractivity (Wildman–Crippen MR) is 154 cm³/mol. The van der Waals surface area contributed by atoms with E-state index in [1.54, 1.807) is 29.2 Å². The summed E-state index contributed by atoms with van der Waals surface area (Å²) in [4.78, 5) is 45.5. The van der Waals surface area contributed by atoms with Crippen molar-refractivity contribution in [3.8, 4) is 5.75 Å². The molecule has 1 saturated heterocycles. The fraction of sp³-hybridized carbons (Fsp3) is 0.367. The predicted octanol–water partition coefficient (Wildman–Crippen LogP) is 4.29. The fourth-order valence-electron chi connectivity index (χ4n) is 5.14. The number of ketones is 1. The normalized spacial score (nSPS) is 15.7. The highest BCUT2D eigenvalue weighted by Gasteiger charge is 2.32. The Balaban J connectivity index is 1.65. The van der Waals surface area contributed by atoms with Gasteiger partial charge in [0.25, 0.3) is 11.5 Å². The second-order valence-corrected chi connectivity index (χ2v) is 10.8. The first kappa shape index (κ1) is 27.1. The summed E-state index contributed by atoms with van der Waals surface area (Å²) in [7, 11) is 3.86. The quantitative estimate of drug-likeness (QED) is 0.218. The van der Waals surface area contributed by atoms with Gasteiger partial charge in [0.15, 0.2) is 11.5 Å². The van der Waals surface area contributed by atoms with Crippen molar-refractivity contribution < 1.29 is 19.1 Å². The van der Waals surface area contributed by atoms with Crippen LogP contribution in [0.15, 0.2) is 59.4 Å². The topological polar surface area (TPSA) is 81.1 Å². The second kappa shape index (κ2) is 11.7. The van der Waals surface area contributed by atoms with Crippen molar-refractivity contribution in [3.63, 3.8) is 0 Å². The number of pyridine rings is 1. The maximum absolute atomic E-state index is 14.1. The number of rotatable bonds is 10. The molecule has 4 aromatic rings. The first-order valence-electron chi connectivity index (χ1n) is 13.2. The number of hydrogen-bond donors (Lipinski definition) is 0. The zero-order valence-electron chi connectivity index (χ0n) is 22.5. The summed E-state index contributed by atoms with van der Waals surface area (Å²) in [5.74, 6) is -0.0643. The SMILES string of the molecule is CCOCCOc1c(C(=O)N(C)C2CCN(C)C2)sc2c1c(=O)n(CC(=O)c1ccccc1)c1ccccc21. The summed E-state index contributed by atoms with van der Waals surface area (Å²) in [5, 5.41) is 1.13. The first-order valence-corrected chi connectivity index (χ1v) is 14.0. The molecule has 9 heteroatoms. The van der Waals surface area contributed by atoms with E-state index in [1.165, 1.54) is 15.9 Å². The summed E-state index contributed by atoms with van der Waals surface area (Å²) < 4.78 is 13.8. The number of carbonyl (C=O) groups excluding carboxylic acids is 2. The highest BCUT2D eigenvalue weighted by Crippen LogP contribution is 2.40. The van der Waals surface area contributed by atoms with Gasteiger partial charge in [-0.1, -0.05) is 48.5 Å². The molecule has 2 aromatic carbocycles. The van der Waals surface area contributed by atoms with Crippen LogP contribution in [0.3, 0.4) is 0 Å². The van der Waals surface area contributed by atoms with Gasteiger partial charge in [-0.2, -0.15) is 0 Å². The summed E-state index contributed by atoms with van der Waals surface area (Å²) in [6.07, 6.45) is 0.890. The molecule has 0 aliphatic carbocycles. The lowest BCUT2D eigenvalue weighted by molar-refractivity contribution is 0.0733. The molecule has 39 heavy (non-hydrogen) atoms. The molecule has 0 saturated carbocycles. The highest BCUT2D eigenvalue weighted by atomic mass is 32.1. The van der Waals surface area contributed by atoms with Crippen LogP contribution >= 0.6 is 11.3 Å². The molecule has 5 rings (SSSR count). The molecule has 1 aliphatic heterocycles. The Labute approximate surface area is 231 Å². The van der Waals surface area contributed by atoms with E-state index in [1.807, 2.05) is 51.4 Å². The van der Waals surface area contributed by atoms with Gasteiger partial charge < -0.3 is 19.3 Å². The van der Waals surface area contributed by atoms with Gasteiger partial charge in [-0.25, -0.2) is 0 Å². The monoisotopic (exact) mass is 547 g/mol. The number of benzene rings is 2. The average Bonchev–Trinajstić information content (AvgIpc) is 3.57. The van der Waals surface area contributed by atoms with E-state index in [0.717, 1.165) is 24.9 Å². The lowest BCUT2D eigenvalue weighted by Gasteiger charge is -2.24. The van der Waals surface area contributed by atoms with Gasteiger partial charge in [0.05, 0.1) is 23.4 Å². The molecule has 8 nitrogen and oxygen atoms in total. The van der Waals surface area contributed by atoms with Crippen LogP contribution in [0, 0.1) is 0 Å². The smallest absolute Gasteiger partial charge is 0.267 e. The number of para-hydroxylation sites is 1. The number of nitrogens with zero attached hydrogens (tertiary/aromatic N) is 3. The molecule has 3 heterocycles. The number of likely N-dealkylation sites (N-methyl/N-ethyl adjacent to an activating group) is 2. The van der Waals surface area contributed by atoms with Crippen molar-refractivity contribution in [1.82, 2.24) is 14.4 Å². The molecule has 0 N–H and O–H groups in total. The Bertz CT molecular complexity index is 1560. The van der Waals surface area contributed by atoms with Crippen LogP contribution in [-0.2, 0) is 11.3 Å². The third-order valence-electron chi connectivity index (χ3n) is 7.27. The number of hydrogen-bond acceptors (Lipinski definition) is 7. The Morgan fingerprint density at radius 1 is 1.08 bits per heavy atom. The summed E-state index contributed by atoms with van der Waals surface area (Å²) in [6.45, 7) is 4.57. The zero-order chi connectivity index (χ0) is 27.5. The molecule has 0 radical (unpaired) electrons. The molecule has 1 aliphatic rings. The summed E-state index contributed by atoms with van der Waals surface area (Å²) >= 11 is 1.28. The van der Waals surface area contributed by atoms with Gasteiger partial charge >= 0.3 is 0 Å². The number of fused-ring (bicyclic) bond motifs is 3. The van der Waals surface area contributed by atoms with Gasteiger partial charge in [-0.15, -0.1) is 11.3 Å². The molecule has 1 atom stereocenters. The number of likely N-dealkylation sites (tertiary alicyclic amines) is 1. The third-order valence-corrected chi connectivity index (χ3v) is 8.46. The number of aromatic nitrogens is 1. The molecule has 1 unspecified atom stereocenters. The molecule has 204 valence electrons. The molecule has 1 fully saturated rings.